The average Bonchev–Trinajstić information content (AvgIpc) is 2.23. The van der Waals surface area contributed by atoms with Gasteiger partial charge in [-0.3, -0.25) is 0 Å². The molecule has 0 spiro atoms. The largest absolute Gasteiger partial charge is 0.389 e. The summed E-state index contributed by atoms with van der Waals surface area (Å²) in [5, 5.41) is 13.8. The highest BCUT2D eigenvalue weighted by atomic mass is 35.5. The number of aliphatic hydroxyl groups excluding tert-OH is 1. The number of halogens is 2. The van der Waals surface area contributed by atoms with Gasteiger partial charge in [-0.2, -0.15) is 0 Å². The summed E-state index contributed by atoms with van der Waals surface area (Å²) in [6.45, 7) is 1.34. The van der Waals surface area contributed by atoms with Gasteiger partial charge in [0.25, 0.3) is 0 Å². The second-order valence-electron chi connectivity index (χ2n) is 3.48. The monoisotopic (exact) mass is 263 g/mol. The summed E-state index contributed by atoms with van der Waals surface area (Å²) in [5.74, 6) is 0. The smallest absolute Gasteiger partial charge is 0.0897 e. The molecule has 0 fully saturated rings. The molecular weight excluding hydrogens is 249 g/mol. The van der Waals surface area contributed by atoms with E-state index in [1.54, 1.807) is 25.3 Å². The van der Waals surface area contributed by atoms with E-state index in [1.807, 2.05) is 0 Å². The second kappa shape index (κ2) is 7.09. The number of rotatable bonds is 6. The molecule has 0 amide bonds. The summed E-state index contributed by atoms with van der Waals surface area (Å²) in [4.78, 5) is 0. The maximum absolute atomic E-state index is 9.40. The summed E-state index contributed by atoms with van der Waals surface area (Å²) in [6.07, 6.45) is -0.511. The summed E-state index contributed by atoms with van der Waals surface area (Å²) < 4.78 is 4.81. The number of nitrogens with one attached hydrogen (secondary N) is 1. The van der Waals surface area contributed by atoms with Crippen molar-refractivity contribution in [3.05, 3.63) is 33.8 Å². The minimum absolute atomic E-state index is 0.316. The Balaban J connectivity index is 2.39. The zero-order chi connectivity index (χ0) is 12.0. The molecule has 0 saturated carbocycles. The molecule has 16 heavy (non-hydrogen) atoms. The van der Waals surface area contributed by atoms with Crippen LogP contribution in [0.5, 0.6) is 0 Å². The summed E-state index contributed by atoms with van der Waals surface area (Å²) in [5.41, 5.74) is 0.916. The lowest BCUT2D eigenvalue weighted by Crippen LogP contribution is -2.29. The third-order valence-electron chi connectivity index (χ3n) is 2.06. The Bertz CT molecular complexity index is 334. The van der Waals surface area contributed by atoms with Crippen molar-refractivity contribution in [1.82, 2.24) is 5.32 Å². The van der Waals surface area contributed by atoms with E-state index >= 15 is 0 Å². The van der Waals surface area contributed by atoms with Gasteiger partial charge in [0, 0.05) is 30.2 Å². The van der Waals surface area contributed by atoms with Crippen LogP contribution in [0.2, 0.25) is 10.0 Å². The summed E-state index contributed by atoms with van der Waals surface area (Å²) >= 11 is 11.8. The van der Waals surface area contributed by atoms with E-state index in [-0.39, 0.29) is 0 Å². The Morgan fingerprint density at radius 1 is 1.44 bits per heavy atom. The van der Waals surface area contributed by atoms with E-state index in [9.17, 15) is 5.11 Å². The Kier molecular flexibility index (Phi) is 6.09. The fraction of sp³-hybridized carbons (Fsp3) is 0.455. The zero-order valence-electron chi connectivity index (χ0n) is 9.04. The van der Waals surface area contributed by atoms with Crippen LogP contribution in [0, 0.1) is 0 Å². The van der Waals surface area contributed by atoms with Gasteiger partial charge in [-0.1, -0.05) is 23.2 Å². The molecule has 0 aromatic heterocycles. The van der Waals surface area contributed by atoms with Gasteiger partial charge >= 0.3 is 0 Å². The molecule has 1 atom stereocenters. The van der Waals surface area contributed by atoms with Crippen LogP contribution in [0.15, 0.2) is 18.2 Å². The quantitative estimate of drug-likeness (QED) is 0.826. The van der Waals surface area contributed by atoms with Gasteiger partial charge in [0.15, 0.2) is 0 Å². The van der Waals surface area contributed by atoms with Crippen molar-refractivity contribution in [1.29, 1.82) is 0 Å². The van der Waals surface area contributed by atoms with E-state index in [0.717, 1.165) is 5.56 Å². The van der Waals surface area contributed by atoms with Gasteiger partial charge in [0.1, 0.15) is 0 Å². The molecule has 2 N–H and O–H groups in total. The predicted molar refractivity (Wildman–Crippen MR) is 66.1 cm³/mol. The van der Waals surface area contributed by atoms with E-state index in [2.05, 4.69) is 5.32 Å². The molecule has 0 saturated heterocycles. The first-order chi connectivity index (χ1) is 7.63. The fourth-order valence-corrected chi connectivity index (χ4v) is 1.68. The Morgan fingerprint density at radius 3 is 2.88 bits per heavy atom. The lowest BCUT2D eigenvalue weighted by Gasteiger charge is -2.11. The van der Waals surface area contributed by atoms with Crippen LogP contribution in [0.3, 0.4) is 0 Å². The van der Waals surface area contributed by atoms with Crippen molar-refractivity contribution < 1.29 is 9.84 Å². The molecule has 0 bridgehead atoms. The van der Waals surface area contributed by atoms with Crippen LogP contribution >= 0.6 is 23.2 Å². The number of aliphatic hydroxyl groups is 1. The normalized spacial score (nSPS) is 12.8. The van der Waals surface area contributed by atoms with Crippen molar-refractivity contribution in [3.8, 4) is 0 Å². The first-order valence-corrected chi connectivity index (χ1v) is 5.70. The SMILES string of the molecule is COCC(O)CNCc1cc(Cl)ccc1Cl. The molecule has 0 aliphatic heterocycles. The third-order valence-corrected chi connectivity index (χ3v) is 2.67. The molecule has 1 unspecified atom stereocenters. The second-order valence-corrected chi connectivity index (χ2v) is 4.32. The van der Waals surface area contributed by atoms with Gasteiger partial charge in [0.05, 0.1) is 12.7 Å². The van der Waals surface area contributed by atoms with Crippen LogP contribution in [0.1, 0.15) is 5.56 Å². The Labute approximate surface area is 105 Å². The van der Waals surface area contributed by atoms with Gasteiger partial charge in [-0.05, 0) is 23.8 Å². The molecule has 5 heteroatoms. The summed E-state index contributed by atoms with van der Waals surface area (Å²) in [7, 11) is 1.55. The van der Waals surface area contributed by atoms with E-state index < -0.39 is 6.10 Å². The van der Waals surface area contributed by atoms with Crippen LogP contribution in [0.4, 0.5) is 0 Å². The van der Waals surface area contributed by atoms with Gasteiger partial charge in [0.2, 0.25) is 0 Å². The molecule has 1 aromatic rings. The lowest BCUT2D eigenvalue weighted by molar-refractivity contribution is 0.0644. The van der Waals surface area contributed by atoms with Gasteiger partial charge in [-0.25, -0.2) is 0 Å². The van der Waals surface area contributed by atoms with E-state index in [0.29, 0.717) is 29.7 Å². The molecule has 0 aliphatic rings. The van der Waals surface area contributed by atoms with E-state index in [1.165, 1.54) is 0 Å². The van der Waals surface area contributed by atoms with Gasteiger partial charge in [-0.15, -0.1) is 0 Å². The molecule has 1 rings (SSSR count). The maximum atomic E-state index is 9.40. The third kappa shape index (κ3) is 4.68. The number of methoxy groups -OCH3 is 1. The summed E-state index contributed by atoms with van der Waals surface area (Å²) in [6, 6.07) is 5.30. The van der Waals surface area contributed by atoms with Crippen LogP contribution in [-0.2, 0) is 11.3 Å². The van der Waals surface area contributed by atoms with Crippen molar-refractivity contribution in [3.63, 3.8) is 0 Å². The highest BCUT2D eigenvalue weighted by molar-refractivity contribution is 6.33. The Morgan fingerprint density at radius 2 is 2.19 bits per heavy atom. The highest BCUT2D eigenvalue weighted by Crippen LogP contribution is 2.20. The average molecular weight is 264 g/mol. The molecule has 3 nitrogen and oxygen atoms in total. The first-order valence-electron chi connectivity index (χ1n) is 4.95. The van der Waals surface area contributed by atoms with Crippen LogP contribution < -0.4 is 5.32 Å². The molecular formula is C11H15Cl2NO2. The number of hydrogen-bond donors (Lipinski definition) is 2. The van der Waals surface area contributed by atoms with Gasteiger partial charge < -0.3 is 15.2 Å². The van der Waals surface area contributed by atoms with Crippen molar-refractivity contribution in [2.75, 3.05) is 20.3 Å². The molecule has 90 valence electrons. The minimum atomic E-state index is -0.511. The first kappa shape index (κ1) is 13.7. The molecule has 0 radical (unpaired) electrons. The fourth-order valence-electron chi connectivity index (χ4n) is 1.30. The van der Waals surface area contributed by atoms with E-state index in [4.69, 9.17) is 27.9 Å². The Hall–Kier alpha value is -0.320. The molecule has 1 aromatic carbocycles. The van der Waals surface area contributed by atoms with Crippen molar-refractivity contribution >= 4 is 23.2 Å². The van der Waals surface area contributed by atoms with Crippen molar-refractivity contribution in [2.24, 2.45) is 0 Å². The number of hydrogen-bond acceptors (Lipinski definition) is 3. The standard InChI is InChI=1S/C11H15Cl2NO2/c1-16-7-10(15)6-14-5-8-4-9(12)2-3-11(8)13/h2-4,10,14-15H,5-7H2,1H3. The van der Waals surface area contributed by atoms with Crippen LogP contribution in [-0.4, -0.2) is 31.5 Å². The zero-order valence-corrected chi connectivity index (χ0v) is 10.6. The highest BCUT2D eigenvalue weighted by Gasteiger charge is 2.04. The van der Waals surface area contributed by atoms with Crippen molar-refractivity contribution in [2.45, 2.75) is 12.6 Å². The molecule has 0 aliphatic carbocycles. The topological polar surface area (TPSA) is 41.5 Å². The lowest BCUT2D eigenvalue weighted by atomic mass is 10.2. The minimum Gasteiger partial charge on any atom is -0.389 e. The number of benzene rings is 1. The predicted octanol–water partition coefficient (Wildman–Crippen LogP) is 2.09. The number of ether oxygens (including phenoxy) is 1. The molecule has 0 heterocycles. The van der Waals surface area contributed by atoms with Crippen LogP contribution in [0.25, 0.3) is 0 Å². The maximum Gasteiger partial charge on any atom is 0.0897 e.